The topological polar surface area (TPSA) is 20.2 Å². The van der Waals surface area contributed by atoms with Gasteiger partial charge in [-0.3, -0.25) is 0 Å². The zero-order valence-corrected chi connectivity index (χ0v) is 8.59. The maximum Gasteiger partial charge on any atom is 1.00 e. The minimum absolute atomic E-state index is 0. The van der Waals surface area contributed by atoms with Gasteiger partial charge in [-0.25, -0.2) is 0 Å². The molecule has 0 aliphatic heterocycles. The minimum atomic E-state index is 0. The number of hydrogen-bond acceptors (Lipinski definition) is 1. The van der Waals surface area contributed by atoms with Crippen LogP contribution in [-0.2, 0) is 0 Å². The van der Waals surface area contributed by atoms with Gasteiger partial charge in [0.2, 0.25) is 0 Å². The van der Waals surface area contributed by atoms with Crippen LogP contribution in [0, 0.1) is 6.92 Å². The van der Waals surface area contributed by atoms with Crippen LogP contribution in [0.1, 0.15) is 5.56 Å². The van der Waals surface area contributed by atoms with Gasteiger partial charge in [-0.15, -0.1) is 0 Å². The molecule has 0 saturated heterocycles. The Hall–Kier alpha value is 0.526. The fourth-order valence-electron chi connectivity index (χ4n) is 0.496. The van der Waals surface area contributed by atoms with Gasteiger partial charge in [0.25, 0.3) is 0 Å². The summed E-state index contributed by atoms with van der Waals surface area (Å²) in [6.45, 7) is 3.65. The van der Waals surface area contributed by atoms with E-state index in [2.05, 4.69) is 6.92 Å². The molecule has 0 radical (unpaired) electrons. The standard InChI is InChI=1S/C7H7O.K/c1-6-2-4-7(8)5-3-6;/h2-5,8H,1H2;/q-1;+1. The number of rotatable bonds is 0. The van der Waals surface area contributed by atoms with Gasteiger partial charge >= 0.3 is 51.4 Å². The van der Waals surface area contributed by atoms with Gasteiger partial charge in [-0.05, 0) is 0 Å². The summed E-state index contributed by atoms with van der Waals surface area (Å²) < 4.78 is 0. The zero-order chi connectivity index (χ0) is 5.98. The van der Waals surface area contributed by atoms with Crippen LogP contribution >= 0.6 is 0 Å². The zero-order valence-electron chi connectivity index (χ0n) is 5.46. The summed E-state index contributed by atoms with van der Waals surface area (Å²) in [7, 11) is 0. The number of phenolic OH excluding ortho intramolecular Hbond substituents is 1. The fraction of sp³-hybridized carbons (Fsp3) is 0. The molecule has 0 bridgehead atoms. The Bertz CT molecular complexity index is 148. The van der Waals surface area contributed by atoms with Gasteiger partial charge in [0.05, 0.1) is 5.75 Å². The van der Waals surface area contributed by atoms with Crippen LogP contribution in [0.15, 0.2) is 24.3 Å². The molecule has 1 nitrogen and oxygen atoms in total. The van der Waals surface area contributed by atoms with Crippen LogP contribution in [0.3, 0.4) is 0 Å². The maximum absolute atomic E-state index is 8.73. The number of benzene rings is 1. The predicted molar refractivity (Wildman–Crippen MR) is 32.6 cm³/mol. The van der Waals surface area contributed by atoms with Crippen molar-refractivity contribution in [2.45, 2.75) is 0 Å². The molecule has 2 heteroatoms. The van der Waals surface area contributed by atoms with Gasteiger partial charge in [0, 0.05) is 0 Å². The predicted octanol–water partition coefficient (Wildman–Crippen LogP) is -1.42. The van der Waals surface area contributed by atoms with Crippen molar-refractivity contribution >= 4 is 0 Å². The first kappa shape index (κ1) is 9.53. The summed E-state index contributed by atoms with van der Waals surface area (Å²) in [5.74, 6) is 0.289. The molecule has 0 saturated carbocycles. The molecule has 0 spiro atoms. The van der Waals surface area contributed by atoms with Crippen molar-refractivity contribution in [1.29, 1.82) is 0 Å². The van der Waals surface area contributed by atoms with E-state index in [0.717, 1.165) is 5.56 Å². The molecular weight excluding hydrogens is 139 g/mol. The number of aromatic hydroxyl groups is 1. The molecule has 0 fully saturated rings. The van der Waals surface area contributed by atoms with Gasteiger partial charge < -0.3 is 5.11 Å². The van der Waals surface area contributed by atoms with Crippen LogP contribution < -0.4 is 51.4 Å². The van der Waals surface area contributed by atoms with Crippen molar-refractivity contribution in [3.05, 3.63) is 36.8 Å². The second kappa shape index (κ2) is 4.36. The third-order valence-corrected chi connectivity index (χ3v) is 0.936. The Morgan fingerprint density at radius 2 is 1.56 bits per heavy atom. The third kappa shape index (κ3) is 3.28. The molecule has 9 heavy (non-hydrogen) atoms. The molecule has 0 aliphatic rings. The van der Waals surface area contributed by atoms with Crippen LogP contribution in [0.4, 0.5) is 0 Å². The van der Waals surface area contributed by atoms with Gasteiger partial charge in [0.15, 0.2) is 0 Å². The fourth-order valence-corrected chi connectivity index (χ4v) is 0.496. The summed E-state index contributed by atoms with van der Waals surface area (Å²) in [6, 6.07) is 6.75. The van der Waals surface area contributed by atoms with Gasteiger partial charge in [-0.1, -0.05) is 12.1 Å². The van der Waals surface area contributed by atoms with Crippen molar-refractivity contribution in [3.63, 3.8) is 0 Å². The van der Waals surface area contributed by atoms with E-state index in [0.29, 0.717) is 0 Å². The Labute approximate surface area is 97.5 Å². The summed E-state index contributed by atoms with van der Waals surface area (Å²) >= 11 is 0. The molecule has 1 rings (SSSR count). The molecule has 1 aromatic rings. The first-order valence-corrected chi connectivity index (χ1v) is 2.40. The smallest absolute Gasteiger partial charge is 0.510 e. The summed E-state index contributed by atoms with van der Waals surface area (Å²) in [4.78, 5) is 0. The molecule has 0 unspecified atom stereocenters. The van der Waals surface area contributed by atoms with Crippen molar-refractivity contribution in [2.75, 3.05) is 0 Å². The van der Waals surface area contributed by atoms with Crippen molar-refractivity contribution in [1.82, 2.24) is 0 Å². The van der Waals surface area contributed by atoms with E-state index in [4.69, 9.17) is 5.11 Å². The Balaban J connectivity index is 0.000000640. The van der Waals surface area contributed by atoms with E-state index < -0.39 is 0 Å². The summed E-state index contributed by atoms with van der Waals surface area (Å²) in [5.41, 5.74) is 0.919. The largest absolute Gasteiger partial charge is 1.00 e. The second-order valence-electron chi connectivity index (χ2n) is 1.67. The molecule has 0 aromatic heterocycles. The first-order chi connectivity index (χ1) is 3.79. The maximum atomic E-state index is 8.73. The Kier molecular flexibility index (Phi) is 4.61. The van der Waals surface area contributed by atoms with Crippen molar-refractivity contribution in [2.24, 2.45) is 0 Å². The van der Waals surface area contributed by atoms with Crippen LogP contribution in [-0.4, -0.2) is 5.11 Å². The van der Waals surface area contributed by atoms with Crippen molar-refractivity contribution in [3.8, 4) is 5.75 Å². The van der Waals surface area contributed by atoms with Crippen LogP contribution in [0.25, 0.3) is 0 Å². The summed E-state index contributed by atoms with van der Waals surface area (Å²) in [5, 5.41) is 8.73. The molecule has 1 N–H and O–H groups in total. The number of phenols is 1. The second-order valence-corrected chi connectivity index (χ2v) is 1.67. The Morgan fingerprint density at radius 1 is 1.11 bits per heavy atom. The van der Waals surface area contributed by atoms with Gasteiger partial charge in [-0.2, -0.15) is 24.6 Å². The van der Waals surface area contributed by atoms with Crippen LogP contribution in [0.2, 0.25) is 0 Å². The monoisotopic (exact) mass is 146 g/mol. The van der Waals surface area contributed by atoms with E-state index in [9.17, 15) is 0 Å². The number of hydrogen-bond donors (Lipinski definition) is 1. The van der Waals surface area contributed by atoms with Crippen molar-refractivity contribution < 1.29 is 56.5 Å². The minimum Gasteiger partial charge on any atom is -0.510 e. The molecule has 0 amide bonds. The molecule has 42 valence electrons. The molecule has 1 aromatic carbocycles. The normalized spacial score (nSPS) is 8.00. The van der Waals surface area contributed by atoms with E-state index in [-0.39, 0.29) is 57.1 Å². The Morgan fingerprint density at radius 3 is 1.89 bits per heavy atom. The average Bonchev–Trinajstić information content (AvgIpc) is 1.77. The molecular formula is C7H7KO. The van der Waals surface area contributed by atoms with E-state index in [1.807, 2.05) is 0 Å². The quantitative estimate of drug-likeness (QED) is 0.352. The van der Waals surface area contributed by atoms with E-state index in [1.54, 1.807) is 24.3 Å². The van der Waals surface area contributed by atoms with E-state index in [1.165, 1.54) is 0 Å². The molecule has 0 heterocycles. The van der Waals surface area contributed by atoms with E-state index >= 15 is 0 Å². The first-order valence-electron chi connectivity index (χ1n) is 2.40. The summed E-state index contributed by atoms with van der Waals surface area (Å²) in [6.07, 6.45) is 0. The SMILES string of the molecule is [CH2-]c1ccc(O)cc1.[K+]. The van der Waals surface area contributed by atoms with Crippen LogP contribution in [0.5, 0.6) is 5.75 Å². The third-order valence-electron chi connectivity index (χ3n) is 0.936. The molecule has 0 atom stereocenters. The molecule has 0 aliphatic carbocycles. The van der Waals surface area contributed by atoms with Gasteiger partial charge in [0.1, 0.15) is 0 Å². The average molecular weight is 146 g/mol.